The number of carbonyl (C=O) groups excluding carboxylic acids is 2. The van der Waals surface area contributed by atoms with Gasteiger partial charge < -0.3 is 13.9 Å². The van der Waals surface area contributed by atoms with Crippen LogP contribution in [0.25, 0.3) is 11.0 Å². The van der Waals surface area contributed by atoms with Crippen molar-refractivity contribution in [2.75, 3.05) is 6.61 Å². The lowest BCUT2D eigenvalue weighted by atomic mass is 10.1. The molecule has 5 nitrogen and oxygen atoms in total. The third-order valence-corrected chi connectivity index (χ3v) is 3.31. The van der Waals surface area contributed by atoms with Gasteiger partial charge in [0.1, 0.15) is 5.58 Å². The average Bonchev–Trinajstić information content (AvgIpc) is 2.97. The minimum atomic E-state index is -0.761. The summed E-state index contributed by atoms with van der Waals surface area (Å²) in [6, 6.07) is 5.79. The van der Waals surface area contributed by atoms with Gasteiger partial charge in [-0.2, -0.15) is 0 Å². The number of ether oxygens (including phenoxy) is 2. The van der Waals surface area contributed by atoms with Gasteiger partial charge in [-0.25, -0.2) is 4.79 Å². The zero-order valence-electron chi connectivity index (χ0n) is 11.0. The molecule has 1 aromatic carbocycles. The number of esters is 2. The second-order valence-corrected chi connectivity index (χ2v) is 4.87. The molecule has 0 saturated carbocycles. The molecule has 2 heterocycles. The lowest BCUT2D eigenvalue weighted by molar-refractivity contribution is -0.159. The molecule has 2 aromatic rings. The Labute approximate surface area is 115 Å². The van der Waals surface area contributed by atoms with Crippen molar-refractivity contribution < 1.29 is 23.5 Å². The van der Waals surface area contributed by atoms with E-state index in [0.29, 0.717) is 13.0 Å². The molecule has 0 spiro atoms. The molecule has 0 amide bonds. The zero-order valence-corrected chi connectivity index (χ0v) is 11.0. The van der Waals surface area contributed by atoms with Gasteiger partial charge in [0.25, 0.3) is 0 Å². The van der Waals surface area contributed by atoms with E-state index in [9.17, 15) is 9.59 Å². The van der Waals surface area contributed by atoms with Gasteiger partial charge in [0.15, 0.2) is 0 Å². The Morgan fingerprint density at radius 2 is 2.30 bits per heavy atom. The van der Waals surface area contributed by atoms with Crippen LogP contribution < -0.4 is 0 Å². The van der Waals surface area contributed by atoms with Gasteiger partial charge in [-0.15, -0.1) is 0 Å². The summed E-state index contributed by atoms with van der Waals surface area (Å²) in [4.78, 5) is 23.1. The summed E-state index contributed by atoms with van der Waals surface area (Å²) >= 11 is 0. The maximum atomic E-state index is 11.9. The van der Waals surface area contributed by atoms with Crippen LogP contribution in [0.2, 0.25) is 0 Å². The van der Waals surface area contributed by atoms with E-state index in [0.717, 1.165) is 22.1 Å². The van der Waals surface area contributed by atoms with Crippen LogP contribution in [-0.4, -0.2) is 24.6 Å². The van der Waals surface area contributed by atoms with E-state index in [1.807, 2.05) is 25.1 Å². The first-order valence-corrected chi connectivity index (χ1v) is 6.46. The molecule has 1 aliphatic rings. The number of fused-ring (bicyclic) bond motifs is 1. The number of aryl methyl sites for hydroxylation is 1. The lowest BCUT2D eigenvalue weighted by Gasteiger charge is -2.07. The van der Waals surface area contributed by atoms with Crippen LogP contribution in [0.1, 0.15) is 17.5 Å². The second-order valence-electron chi connectivity index (χ2n) is 4.87. The fourth-order valence-electron chi connectivity index (χ4n) is 2.27. The van der Waals surface area contributed by atoms with Gasteiger partial charge >= 0.3 is 11.9 Å². The number of hydrogen-bond donors (Lipinski definition) is 0. The first-order valence-electron chi connectivity index (χ1n) is 6.46. The molecule has 0 N–H and O–H groups in total. The number of furan rings is 1. The van der Waals surface area contributed by atoms with Gasteiger partial charge in [-0.3, -0.25) is 4.79 Å². The Hall–Kier alpha value is -2.30. The minimum Gasteiger partial charge on any atom is -0.464 e. The van der Waals surface area contributed by atoms with Gasteiger partial charge in [0.2, 0.25) is 6.10 Å². The van der Waals surface area contributed by atoms with Gasteiger partial charge in [0, 0.05) is 17.4 Å². The molecular formula is C15H14O5. The molecule has 1 aliphatic heterocycles. The van der Waals surface area contributed by atoms with Crippen molar-refractivity contribution in [2.24, 2.45) is 0 Å². The second kappa shape index (κ2) is 5.00. The van der Waals surface area contributed by atoms with Crippen LogP contribution in [0, 0.1) is 6.92 Å². The standard InChI is InChI=1S/C15H14O5/c1-9-2-3-11-10(8-19-13(11)6-9)7-14(16)20-12-4-5-18-15(12)17/h2-3,6,8,12H,4-5,7H2,1H3/t12-/m0/s1. The van der Waals surface area contributed by atoms with Gasteiger partial charge in [-0.1, -0.05) is 12.1 Å². The van der Waals surface area contributed by atoms with Crippen LogP contribution in [0.4, 0.5) is 0 Å². The average molecular weight is 274 g/mol. The zero-order chi connectivity index (χ0) is 14.1. The molecule has 0 aliphatic carbocycles. The number of cyclic esters (lactones) is 1. The van der Waals surface area contributed by atoms with E-state index in [1.165, 1.54) is 0 Å². The predicted molar refractivity (Wildman–Crippen MR) is 70.1 cm³/mol. The summed E-state index contributed by atoms with van der Waals surface area (Å²) in [6.45, 7) is 2.28. The van der Waals surface area contributed by atoms with Crippen molar-refractivity contribution >= 4 is 22.9 Å². The number of hydrogen-bond acceptors (Lipinski definition) is 5. The van der Waals surface area contributed by atoms with E-state index in [1.54, 1.807) is 6.26 Å². The SMILES string of the molecule is Cc1ccc2c(CC(=O)O[C@H]3CCOC3=O)coc2c1. The largest absolute Gasteiger partial charge is 0.464 e. The highest BCUT2D eigenvalue weighted by molar-refractivity contribution is 5.87. The lowest BCUT2D eigenvalue weighted by Crippen LogP contribution is -2.23. The topological polar surface area (TPSA) is 65.7 Å². The summed E-state index contributed by atoms with van der Waals surface area (Å²) in [5.74, 6) is -0.914. The first-order chi connectivity index (χ1) is 9.63. The smallest absolute Gasteiger partial charge is 0.347 e. The van der Waals surface area contributed by atoms with E-state index >= 15 is 0 Å². The van der Waals surface area contributed by atoms with Crippen molar-refractivity contribution in [3.05, 3.63) is 35.6 Å². The van der Waals surface area contributed by atoms with Crippen molar-refractivity contribution in [1.82, 2.24) is 0 Å². The predicted octanol–water partition coefficient (Wildman–Crippen LogP) is 2.14. The molecule has 1 saturated heterocycles. The minimum absolute atomic E-state index is 0.0832. The fraction of sp³-hybridized carbons (Fsp3) is 0.333. The molecule has 104 valence electrons. The van der Waals surface area contributed by atoms with E-state index in [4.69, 9.17) is 13.9 Å². The Morgan fingerprint density at radius 3 is 3.05 bits per heavy atom. The third-order valence-electron chi connectivity index (χ3n) is 3.31. The molecule has 1 aromatic heterocycles. The van der Waals surface area contributed by atoms with Crippen molar-refractivity contribution in [3.8, 4) is 0 Å². The number of carbonyl (C=O) groups is 2. The summed E-state index contributed by atoms with van der Waals surface area (Å²) in [7, 11) is 0. The maximum Gasteiger partial charge on any atom is 0.347 e. The first kappa shape index (κ1) is 12.7. The fourth-order valence-corrected chi connectivity index (χ4v) is 2.27. The van der Waals surface area contributed by atoms with Gasteiger partial charge in [-0.05, 0) is 18.6 Å². The van der Waals surface area contributed by atoms with Crippen LogP contribution >= 0.6 is 0 Å². The highest BCUT2D eigenvalue weighted by atomic mass is 16.6. The number of rotatable bonds is 3. The Balaban J connectivity index is 1.72. The molecular weight excluding hydrogens is 260 g/mol. The van der Waals surface area contributed by atoms with Crippen molar-refractivity contribution in [1.29, 1.82) is 0 Å². The third kappa shape index (κ3) is 2.39. The molecule has 0 radical (unpaired) electrons. The van der Waals surface area contributed by atoms with E-state index < -0.39 is 18.0 Å². The molecule has 1 atom stereocenters. The maximum absolute atomic E-state index is 11.9. The molecule has 0 bridgehead atoms. The highest BCUT2D eigenvalue weighted by Crippen LogP contribution is 2.23. The summed E-state index contributed by atoms with van der Waals surface area (Å²) in [5, 5.41) is 0.890. The molecule has 5 heteroatoms. The van der Waals surface area contributed by atoms with Crippen molar-refractivity contribution in [3.63, 3.8) is 0 Å². The monoisotopic (exact) mass is 274 g/mol. The van der Waals surface area contributed by atoms with Crippen LogP contribution in [0.5, 0.6) is 0 Å². The quantitative estimate of drug-likeness (QED) is 0.802. The van der Waals surface area contributed by atoms with E-state index in [-0.39, 0.29) is 6.42 Å². The molecule has 0 unspecified atom stereocenters. The highest BCUT2D eigenvalue weighted by Gasteiger charge is 2.30. The molecule has 3 rings (SSSR count). The Bertz CT molecular complexity index is 670. The van der Waals surface area contributed by atoms with Crippen LogP contribution in [-0.2, 0) is 25.5 Å². The summed E-state index contributed by atoms with van der Waals surface area (Å²) < 4.78 is 15.3. The van der Waals surface area contributed by atoms with Gasteiger partial charge in [0.05, 0.1) is 19.3 Å². The van der Waals surface area contributed by atoms with E-state index in [2.05, 4.69) is 0 Å². The van der Waals surface area contributed by atoms with Crippen molar-refractivity contribution in [2.45, 2.75) is 25.9 Å². The summed E-state index contributed by atoms with van der Waals surface area (Å²) in [5.41, 5.74) is 2.60. The Kier molecular flexibility index (Phi) is 3.18. The van der Waals surface area contributed by atoms with Crippen LogP contribution in [0.3, 0.4) is 0 Å². The number of benzene rings is 1. The van der Waals surface area contributed by atoms with Crippen LogP contribution in [0.15, 0.2) is 28.9 Å². The Morgan fingerprint density at radius 1 is 1.45 bits per heavy atom. The summed E-state index contributed by atoms with van der Waals surface area (Å²) in [6.07, 6.45) is 1.30. The molecule has 20 heavy (non-hydrogen) atoms. The normalized spacial score (nSPS) is 18.2. The molecule has 1 fully saturated rings.